The zero-order valence-corrected chi connectivity index (χ0v) is 13.0. The SMILES string of the molecule is [CH2-][Si](C)(C)[N-]CCCC.[Cl][Zr+2][Cl]. The Morgan fingerprint density at radius 1 is 1.42 bits per heavy atom. The third-order valence-corrected chi connectivity index (χ3v) is 2.13. The topological polar surface area (TPSA) is 14.1 Å². The molecule has 0 aliphatic heterocycles. The predicted molar refractivity (Wildman–Crippen MR) is 57.7 cm³/mol. The summed E-state index contributed by atoms with van der Waals surface area (Å²) in [7, 11) is 8.55. The first-order chi connectivity index (χ1) is 5.47. The van der Waals surface area contributed by atoms with E-state index in [2.05, 4.69) is 31.5 Å². The van der Waals surface area contributed by atoms with Crippen LogP contribution in [0.25, 0.3) is 4.98 Å². The Kier molecular flexibility index (Phi) is 14.4. The van der Waals surface area contributed by atoms with Crippen molar-refractivity contribution in [3.8, 4) is 0 Å². The molecule has 0 fully saturated rings. The first-order valence-electron chi connectivity index (χ1n) is 3.98. The minimum absolute atomic E-state index is 0.826. The van der Waals surface area contributed by atoms with Crippen LogP contribution in [0.2, 0.25) is 13.1 Å². The van der Waals surface area contributed by atoms with Crippen molar-refractivity contribution in [2.24, 2.45) is 0 Å². The summed E-state index contributed by atoms with van der Waals surface area (Å²) < 4.78 is 0. The molecule has 5 heteroatoms. The molecule has 72 valence electrons. The molecule has 0 aliphatic carbocycles. The molecule has 0 atom stereocenters. The van der Waals surface area contributed by atoms with Crippen LogP contribution in [0.15, 0.2) is 0 Å². The number of hydrogen-bond acceptors (Lipinski definition) is 0. The van der Waals surface area contributed by atoms with Crippen LogP contribution in [-0.4, -0.2) is 14.8 Å². The molecule has 0 amide bonds. The molecule has 12 heavy (non-hydrogen) atoms. The van der Waals surface area contributed by atoms with Gasteiger partial charge in [-0.1, -0.05) is 19.8 Å². The van der Waals surface area contributed by atoms with Gasteiger partial charge in [-0.05, 0) is 0 Å². The normalized spacial score (nSPS) is 9.83. The van der Waals surface area contributed by atoms with Gasteiger partial charge in [0.15, 0.2) is 0 Å². The molecule has 0 aromatic heterocycles. The molecule has 0 saturated heterocycles. The van der Waals surface area contributed by atoms with Crippen molar-refractivity contribution < 1.29 is 20.8 Å². The Balaban J connectivity index is 0. The van der Waals surface area contributed by atoms with Gasteiger partial charge in [-0.25, -0.2) is 8.24 Å². The zero-order valence-electron chi connectivity index (χ0n) is 8.03. The van der Waals surface area contributed by atoms with Gasteiger partial charge in [-0.3, -0.25) is 0 Å². The minimum atomic E-state index is -1.32. The quantitative estimate of drug-likeness (QED) is 0.421. The van der Waals surface area contributed by atoms with Gasteiger partial charge in [0.05, 0.1) is 0 Å². The van der Waals surface area contributed by atoms with Crippen LogP contribution in [0.5, 0.6) is 0 Å². The number of halogens is 2. The first kappa shape index (κ1) is 16.1. The summed E-state index contributed by atoms with van der Waals surface area (Å²) in [6, 6.07) is 0. The number of hydrogen-bond donors (Lipinski definition) is 0. The molecule has 0 N–H and O–H groups in total. The van der Waals surface area contributed by atoms with Gasteiger partial charge in [-0.15, -0.1) is 13.1 Å². The molecule has 0 aromatic rings. The van der Waals surface area contributed by atoms with E-state index in [4.69, 9.17) is 17.0 Å². The summed E-state index contributed by atoms with van der Waals surface area (Å²) in [5.74, 6) is 0. The van der Waals surface area contributed by atoms with Gasteiger partial charge in [0, 0.05) is 0 Å². The van der Waals surface area contributed by atoms with Crippen LogP contribution in [0.3, 0.4) is 0 Å². The summed E-state index contributed by atoms with van der Waals surface area (Å²) in [5.41, 5.74) is 0. The molecule has 0 unspecified atom stereocenters. The molecule has 0 spiro atoms. The summed E-state index contributed by atoms with van der Waals surface area (Å²) in [4.78, 5) is 4.47. The van der Waals surface area contributed by atoms with Crippen molar-refractivity contribution in [2.45, 2.75) is 32.9 Å². The Hall–Kier alpha value is 1.64. The Morgan fingerprint density at radius 3 is 2.08 bits per heavy atom. The first-order valence-corrected chi connectivity index (χ1v) is 13.5. The fraction of sp³-hybridized carbons (Fsp3) is 0.857. The summed E-state index contributed by atoms with van der Waals surface area (Å²) in [5, 5.41) is 0. The van der Waals surface area contributed by atoms with E-state index in [1.54, 1.807) is 0 Å². The van der Waals surface area contributed by atoms with E-state index in [1.165, 1.54) is 12.8 Å². The monoisotopic (exact) mass is 303 g/mol. The van der Waals surface area contributed by atoms with Crippen LogP contribution < -0.4 is 0 Å². The second-order valence-corrected chi connectivity index (χ2v) is 10.8. The van der Waals surface area contributed by atoms with E-state index in [1.807, 2.05) is 0 Å². The average molecular weight is 305 g/mol. The summed E-state index contributed by atoms with van der Waals surface area (Å²) >= 11 is -0.826. The van der Waals surface area contributed by atoms with Crippen LogP contribution >= 0.6 is 17.0 Å². The number of nitrogens with zero attached hydrogens (tertiary/aromatic N) is 1. The van der Waals surface area contributed by atoms with E-state index in [-0.39, 0.29) is 0 Å². The van der Waals surface area contributed by atoms with Gasteiger partial charge in [0.25, 0.3) is 0 Å². The Morgan fingerprint density at radius 2 is 1.83 bits per heavy atom. The molecule has 0 saturated carbocycles. The molecular weight excluding hydrogens is 288 g/mol. The summed E-state index contributed by atoms with van der Waals surface area (Å²) in [6.07, 6.45) is 2.47. The summed E-state index contributed by atoms with van der Waals surface area (Å²) in [6.45, 7) is 11.6. The molecule has 0 rings (SSSR count). The van der Waals surface area contributed by atoms with Crippen LogP contribution in [-0.2, 0) is 20.8 Å². The molecule has 0 radical (unpaired) electrons. The third kappa shape index (κ3) is 22.6. The van der Waals surface area contributed by atoms with E-state index >= 15 is 0 Å². The van der Waals surface area contributed by atoms with E-state index in [9.17, 15) is 0 Å². The van der Waals surface area contributed by atoms with Crippen LogP contribution in [0.1, 0.15) is 19.8 Å². The molecule has 0 heterocycles. The van der Waals surface area contributed by atoms with E-state index in [0.717, 1.165) is 6.54 Å². The van der Waals surface area contributed by atoms with Crippen LogP contribution in [0.4, 0.5) is 0 Å². The van der Waals surface area contributed by atoms with Gasteiger partial charge < -0.3 is 11.5 Å². The van der Waals surface area contributed by atoms with Gasteiger partial charge >= 0.3 is 37.9 Å². The maximum atomic E-state index is 4.93. The van der Waals surface area contributed by atoms with Crippen molar-refractivity contribution in [3.63, 3.8) is 0 Å². The van der Waals surface area contributed by atoms with Crippen molar-refractivity contribution in [3.05, 3.63) is 11.5 Å². The average Bonchev–Trinajstić information content (AvgIpc) is 1.87. The zero-order chi connectivity index (χ0) is 10.0. The molecule has 0 aliphatic rings. The second-order valence-electron chi connectivity index (χ2n) is 3.12. The Bertz CT molecular complexity index is 88.0. The third-order valence-electron chi connectivity index (χ3n) is 1.05. The van der Waals surface area contributed by atoms with E-state index < -0.39 is 29.1 Å². The second kappa shape index (κ2) is 10.7. The van der Waals surface area contributed by atoms with Crippen molar-refractivity contribution in [1.82, 2.24) is 0 Å². The fourth-order valence-corrected chi connectivity index (χ4v) is 1.30. The molecule has 1 nitrogen and oxygen atoms in total. The standard InChI is InChI=1S/C7H17NSi.2ClH.Zr/c1-5-6-7-8-9(2,3)4;;;/h2,5-7H2,1,3-4H3;2*1H;/q-2;;;+4/p-2. The van der Waals surface area contributed by atoms with Crippen molar-refractivity contribution in [2.75, 3.05) is 6.54 Å². The van der Waals surface area contributed by atoms with Gasteiger partial charge in [-0.2, -0.15) is 6.54 Å². The fourth-order valence-electron chi connectivity index (χ4n) is 0.540. The molecular formula is C7H17Cl2NSiZr. The number of rotatable bonds is 4. The predicted octanol–water partition coefficient (Wildman–Crippen LogP) is 4.12. The molecule has 0 aromatic carbocycles. The molecule has 0 bridgehead atoms. The van der Waals surface area contributed by atoms with Crippen molar-refractivity contribution in [1.29, 1.82) is 0 Å². The van der Waals surface area contributed by atoms with Crippen molar-refractivity contribution >= 4 is 25.3 Å². The maximum absolute atomic E-state index is 4.93. The van der Waals surface area contributed by atoms with Gasteiger partial charge in [0.2, 0.25) is 0 Å². The van der Waals surface area contributed by atoms with Crippen LogP contribution in [0, 0.1) is 6.55 Å². The number of unbranched alkanes of at least 4 members (excludes halogenated alkanes) is 1. The van der Waals surface area contributed by atoms with E-state index in [0.29, 0.717) is 0 Å². The van der Waals surface area contributed by atoms with Gasteiger partial charge in [0.1, 0.15) is 0 Å². The Labute approximate surface area is 96.4 Å².